The highest BCUT2D eigenvalue weighted by Gasteiger charge is 2.50. The molecule has 1 aromatic heterocycles. The summed E-state index contributed by atoms with van der Waals surface area (Å²) in [4.78, 5) is 43.4. The summed E-state index contributed by atoms with van der Waals surface area (Å²) in [5.74, 6) is -1.03. The number of ether oxygens (including phenoxy) is 1. The summed E-state index contributed by atoms with van der Waals surface area (Å²) in [5.41, 5.74) is 0.355. The van der Waals surface area contributed by atoms with Crippen molar-refractivity contribution in [2.45, 2.75) is 44.2 Å². The van der Waals surface area contributed by atoms with E-state index in [-0.39, 0.29) is 53.1 Å². The number of fused-ring (bicyclic) bond motifs is 2. The maximum absolute atomic E-state index is 14.4. The van der Waals surface area contributed by atoms with Gasteiger partial charge in [0, 0.05) is 24.4 Å². The number of carbonyl (C=O) groups excluding carboxylic acids is 3. The monoisotopic (exact) mass is 481 g/mol. The zero-order valence-corrected chi connectivity index (χ0v) is 19.5. The van der Waals surface area contributed by atoms with Crippen LogP contribution in [0, 0.1) is 34.9 Å². The molecule has 184 valence electrons. The molecular formula is C25H28FN5O4. The molecule has 2 aliphatic heterocycles. The Bertz CT molecular complexity index is 1220. The van der Waals surface area contributed by atoms with Crippen molar-refractivity contribution >= 4 is 28.6 Å². The predicted octanol–water partition coefficient (Wildman–Crippen LogP) is 2.09. The quantitative estimate of drug-likeness (QED) is 0.582. The zero-order chi connectivity index (χ0) is 24.7. The number of rotatable bonds is 6. The number of amides is 3. The van der Waals surface area contributed by atoms with Crippen LogP contribution in [0.2, 0.25) is 0 Å². The molecule has 5 atom stereocenters. The van der Waals surface area contributed by atoms with Crippen LogP contribution in [-0.2, 0) is 9.59 Å². The van der Waals surface area contributed by atoms with Crippen molar-refractivity contribution in [3.05, 3.63) is 29.7 Å². The summed E-state index contributed by atoms with van der Waals surface area (Å²) in [6.45, 7) is 0.999. The fourth-order valence-corrected chi connectivity index (χ4v) is 6.01. The normalized spacial score (nSPS) is 26.3. The molecule has 10 heteroatoms. The number of benzene rings is 1. The number of hydrogen-bond acceptors (Lipinski definition) is 5. The van der Waals surface area contributed by atoms with E-state index in [9.17, 15) is 24.0 Å². The highest BCUT2D eigenvalue weighted by atomic mass is 19.1. The lowest BCUT2D eigenvalue weighted by Crippen LogP contribution is -2.51. The number of hydrogen-bond donors (Lipinski definition) is 3. The first kappa shape index (κ1) is 23.1. The second kappa shape index (κ2) is 9.21. The van der Waals surface area contributed by atoms with E-state index in [1.807, 2.05) is 0 Å². The van der Waals surface area contributed by atoms with Gasteiger partial charge in [0.15, 0.2) is 0 Å². The van der Waals surface area contributed by atoms with Crippen molar-refractivity contribution in [1.82, 2.24) is 20.5 Å². The average Bonchev–Trinajstić information content (AvgIpc) is 3.62. The molecule has 0 bridgehead atoms. The SMILES string of the molecule is COc1ccc(F)c2[nH]c(C(=O)N3CC4CCCC4C3C(=O)NC(C#N)CC3CCNC3=O)cc12. The third-order valence-corrected chi connectivity index (χ3v) is 7.73. The fourth-order valence-electron chi connectivity index (χ4n) is 6.01. The Morgan fingerprint density at radius 2 is 2.17 bits per heavy atom. The number of halogens is 1. The Morgan fingerprint density at radius 1 is 1.34 bits per heavy atom. The highest BCUT2D eigenvalue weighted by molar-refractivity contribution is 6.02. The lowest BCUT2D eigenvalue weighted by Gasteiger charge is -2.28. The molecule has 0 radical (unpaired) electrons. The molecule has 0 spiro atoms. The van der Waals surface area contributed by atoms with E-state index in [1.165, 1.54) is 19.2 Å². The molecule has 3 heterocycles. The van der Waals surface area contributed by atoms with Gasteiger partial charge in [-0.3, -0.25) is 14.4 Å². The Morgan fingerprint density at radius 3 is 2.89 bits per heavy atom. The number of nitriles is 1. The minimum Gasteiger partial charge on any atom is -0.496 e. The lowest BCUT2D eigenvalue weighted by atomic mass is 9.92. The minimum atomic E-state index is -0.819. The van der Waals surface area contributed by atoms with Crippen LogP contribution in [0.15, 0.2) is 18.2 Å². The smallest absolute Gasteiger partial charge is 0.271 e. The van der Waals surface area contributed by atoms with Gasteiger partial charge < -0.3 is 25.3 Å². The molecule has 3 N–H and O–H groups in total. The average molecular weight is 482 g/mol. The van der Waals surface area contributed by atoms with Gasteiger partial charge in [0.1, 0.15) is 29.3 Å². The predicted molar refractivity (Wildman–Crippen MR) is 124 cm³/mol. The van der Waals surface area contributed by atoms with Crippen molar-refractivity contribution in [3.63, 3.8) is 0 Å². The molecule has 5 unspecified atom stereocenters. The van der Waals surface area contributed by atoms with Gasteiger partial charge in [-0.25, -0.2) is 4.39 Å². The van der Waals surface area contributed by atoms with E-state index in [0.29, 0.717) is 30.6 Å². The van der Waals surface area contributed by atoms with Crippen LogP contribution in [0.25, 0.3) is 10.9 Å². The molecule has 1 aromatic carbocycles. The van der Waals surface area contributed by atoms with E-state index in [2.05, 4.69) is 21.7 Å². The Kier molecular flexibility index (Phi) is 6.09. The number of aromatic amines is 1. The molecule has 5 rings (SSSR count). The van der Waals surface area contributed by atoms with Gasteiger partial charge in [0.05, 0.1) is 18.7 Å². The number of likely N-dealkylation sites (tertiary alicyclic amines) is 1. The Labute approximate surface area is 202 Å². The number of carbonyl (C=O) groups is 3. The molecule has 1 saturated carbocycles. The largest absolute Gasteiger partial charge is 0.496 e. The number of methoxy groups -OCH3 is 1. The van der Waals surface area contributed by atoms with Crippen molar-refractivity contribution in [3.8, 4) is 11.8 Å². The summed E-state index contributed by atoms with van der Waals surface area (Å²) in [6, 6.07) is 4.89. The maximum atomic E-state index is 14.4. The van der Waals surface area contributed by atoms with Crippen LogP contribution in [0.5, 0.6) is 5.75 Å². The van der Waals surface area contributed by atoms with Crippen LogP contribution in [0.1, 0.15) is 42.6 Å². The molecule has 2 saturated heterocycles. The molecule has 9 nitrogen and oxygen atoms in total. The standard InChI is InChI=1S/C25H28FN5O4/c1-35-20-6-5-18(26)21-17(20)10-19(30-21)25(34)31-12-14-3-2-4-16(14)22(31)24(33)29-15(11-27)9-13-7-8-28-23(13)32/h5-6,10,13-16,22,30H,2-4,7-9,12H2,1H3,(H,28,32)(H,29,33). The van der Waals surface area contributed by atoms with Gasteiger partial charge in [-0.2, -0.15) is 5.26 Å². The molecule has 3 aliphatic rings. The topological polar surface area (TPSA) is 127 Å². The third-order valence-electron chi connectivity index (χ3n) is 7.73. The summed E-state index contributed by atoms with van der Waals surface area (Å²) in [6.07, 6.45) is 3.61. The number of nitrogens with one attached hydrogen (secondary N) is 3. The fraction of sp³-hybridized carbons (Fsp3) is 0.520. The summed E-state index contributed by atoms with van der Waals surface area (Å²) in [5, 5.41) is 15.6. The second-order valence-electron chi connectivity index (χ2n) is 9.68. The number of nitrogens with zero attached hydrogens (tertiary/aromatic N) is 2. The van der Waals surface area contributed by atoms with Crippen LogP contribution >= 0.6 is 0 Å². The van der Waals surface area contributed by atoms with Crippen LogP contribution in [0.3, 0.4) is 0 Å². The van der Waals surface area contributed by atoms with Gasteiger partial charge in [0.2, 0.25) is 11.8 Å². The van der Waals surface area contributed by atoms with Gasteiger partial charge >= 0.3 is 0 Å². The zero-order valence-electron chi connectivity index (χ0n) is 19.5. The Hall–Kier alpha value is -3.61. The van der Waals surface area contributed by atoms with Crippen molar-refractivity contribution in [2.24, 2.45) is 17.8 Å². The first-order valence-electron chi connectivity index (χ1n) is 12.0. The number of aromatic nitrogens is 1. The first-order valence-corrected chi connectivity index (χ1v) is 12.0. The summed E-state index contributed by atoms with van der Waals surface area (Å²) in [7, 11) is 1.48. The van der Waals surface area contributed by atoms with Crippen LogP contribution in [-0.4, -0.2) is 59.9 Å². The third kappa shape index (κ3) is 4.09. The van der Waals surface area contributed by atoms with E-state index in [4.69, 9.17) is 4.74 Å². The minimum absolute atomic E-state index is 0.00345. The van der Waals surface area contributed by atoms with E-state index >= 15 is 0 Å². The summed E-state index contributed by atoms with van der Waals surface area (Å²) < 4.78 is 19.7. The van der Waals surface area contributed by atoms with Gasteiger partial charge in [-0.05, 0) is 55.7 Å². The molecule has 35 heavy (non-hydrogen) atoms. The van der Waals surface area contributed by atoms with Crippen molar-refractivity contribution < 1.29 is 23.5 Å². The maximum Gasteiger partial charge on any atom is 0.271 e. The first-order chi connectivity index (χ1) is 16.9. The van der Waals surface area contributed by atoms with Gasteiger partial charge in [-0.1, -0.05) is 6.42 Å². The summed E-state index contributed by atoms with van der Waals surface area (Å²) >= 11 is 0. The molecule has 3 fully saturated rings. The molecule has 3 amide bonds. The van der Waals surface area contributed by atoms with Gasteiger partial charge in [0.25, 0.3) is 5.91 Å². The Balaban J connectivity index is 1.39. The van der Waals surface area contributed by atoms with Crippen LogP contribution in [0.4, 0.5) is 4.39 Å². The molecular weight excluding hydrogens is 453 g/mol. The molecule has 2 aromatic rings. The van der Waals surface area contributed by atoms with Crippen molar-refractivity contribution in [1.29, 1.82) is 5.26 Å². The van der Waals surface area contributed by atoms with E-state index < -0.39 is 17.9 Å². The highest BCUT2D eigenvalue weighted by Crippen LogP contribution is 2.43. The lowest BCUT2D eigenvalue weighted by molar-refractivity contribution is -0.127. The molecule has 1 aliphatic carbocycles. The number of H-pyrrole nitrogens is 1. The van der Waals surface area contributed by atoms with E-state index in [0.717, 1.165) is 19.3 Å². The van der Waals surface area contributed by atoms with Crippen molar-refractivity contribution in [2.75, 3.05) is 20.2 Å². The van der Waals surface area contributed by atoms with E-state index in [1.54, 1.807) is 11.0 Å². The van der Waals surface area contributed by atoms with Gasteiger partial charge in [-0.15, -0.1) is 0 Å². The second-order valence-corrected chi connectivity index (χ2v) is 9.68. The van der Waals surface area contributed by atoms with Crippen LogP contribution < -0.4 is 15.4 Å².